The molecule has 0 bridgehead atoms. The molecule has 0 aliphatic heterocycles. The van der Waals surface area contributed by atoms with Gasteiger partial charge in [-0.25, -0.2) is 0 Å². The first-order valence-corrected chi connectivity index (χ1v) is 3.32. The summed E-state index contributed by atoms with van der Waals surface area (Å²) in [5.41, 5.74) is 1.49. The number of aliphatic hydroxyl groups is 1. The number of hydrogen-bond donors (Lipinski definition) is 1. The lowest BCUT2D eigenvalue weighted by Crippen LogP contribution is -1.96. The molecule has 2 heterocycles. The summed E-state index contributed by atoms with van der Waals surface area (Å²) in [7, 11) is 1.84. The van der Waals surface area contributed by atoms with Crippen LogP contribution in [0.25, 0.3) is 11.2 Å². The monoisotopic (exact) mass is 152 g/mol. The lowest BCUT2D eigenvalue weighted by Gasteiger charge is -1.94. The largest absolute Gasteiger partial charge is 0.445 e. The summed E-state index contributed by atoms with van der Waals surface area (Å²) in [6, 6.07) is 1.82. The molecule has 0 aliphatic carbocycles. The van der Waals surface area contributed by atoms with Gasteiger partial charge >= 0.3 is 0 Å². The Morgan fingerprint density at radius 2 is 2.55 bits per heavy atom. The molecule has 0 radical (unpaired) electrons. The highest BCUT2D eigenvalue weighted by atomic mass is 16.3. The molecule has 11 heavy (non-hydrogen) atoms. The minimum absolute atomic E-state index is 0.0549. The lowest BCUT2D eigenvalue weighted by molar-refractivity contribution is 0.267. The third-order valence-corrected chi connectivity index (χ3v) is 1.75. The van der Waals surface area contributed by atoms with E-state index in [-0.39, 0.29) is 6.61 Å². The zero-order chi connectivity index (χ0) is 7.84. The van der Waals surface area contributed by atoms with Crippen LogP contribution in [0.2, 0.25) is 0 Å². The van der Waals surface area contributed by atoms with Crippen LogP contribution in [0, 0.1) is 0 Å². The van der Waals surface area contributed by atoms with Gasteiger partial charge in [-0.2, -0.15) is 4.98 Å². The fraction of sp³-hybridized carbons (Fsp3) is 0.286. The highest BCUT2D eigenvalue weighted by Gasteiger charge is 2.07. The zero-order valence-corrected chi connectivity index (χ0v) is 6.11. The first-order valence-electron chi connectivity index (χ1n) is 3.32. The standard InChI is InChI=1S/C7H8N2O2/c1-9-5-2-3-11-7(5)8-6(9)4-10/h2-3,10H,4H2,1H3. The Hall–Kier alpha value is -1.29. The molecular weight excluding hydrogens is 144 g/mol. The van der Waals surface area contributed by atoms with Crippen molar-refractivity contribution in [3.8, 4) is 0 Å². The second kappa shape index (κ2) is 2.10. The van der Waals surface area contributed by atoms with Crippen molar-refractivity contribution < 1.29 is 9.52 Å². The predicted molar refractivity (Wildman–Crippen MR) is 38.9 cm³/mol. The minimum Gasteiger partial charge on any atom is -0.445 e. The molecule has 1 N–H and O–H groups in total. The molecule has 0 spiro atoms. The summed E-state index contributed by atoms with van der Waals surface area (Å²) in [5.74, 6) is 0.624. The average molecular weight is 152 g/mol. The van der Waals surface area contributed by atoms with Gasteiger partial charge in [0.25, 0.3) is 0 Å². The highest BCUT2D eigenvalue weighted by molar-refractivity contribution is 5.69. The number of aliphatic hydroxyl groups excluding tert-OH is 1. The molecule has 2 aromatic heterocycles. The maximum absolute atomic E-state index is 8.81. The second-order valence-electron chi connectivity index (χ2n) is 2.36. The number of imidazole rings is 1. The van der Waals surface area contributed by atoms with Gasteiger partial charge in [0.2, 0.25) is 5.71 Å². The van der Waals surface area contributed by atoms with Crippen molar-refractivity contribution in [2.75, 3.05) is 0 Å². The van der Waals surface area contributed by atoms with Crippen LogP contribution in [0.3, 0.4) is 0 Å². The molecule has 0 saturated carbocycles. The molecule has 0 aliphatic rings. The molecule has 0 atom stereocenters. The molecule has 4 nitrogen and oxygen atoms in total. The van der Waals surface area contributed by atoms with Crippen molar-refractivity contribution in [2.24, 2.45) is 7.05 Å². The molecule has 0 unspecified atom stereocenters. The van der Waals surface area contributed by atoms with Gasteiger partial charge in [0.15, 0.2) is 0 Å². The number of nitrogens with zero attached hydrogens (tertiary/aromatic N) is 2. The fourth-order valence-electron chi connectivity index (χ4n) is 1.11. The van der Waals surface area contributed by atoms with Crippen molar-refractivity contribution in [1.82, 2.24) is 9.55 Å². The predicted octanol–water partition coefficient (Wildman–Crippen LogP) is 0.659. The molecule has 0 saturated heterocycles. The van der Waals surface area contributed by atoms with Crippen LogP contribution in [-0.4, -0.2) is 14.7 Å². The van der Waals surface area contributed by atoms with Gasteiger partial charge in [-0.15, -0.1) is 0 Å². The number of hydrogen-bond acceptors (Lipinski definition) is 3. The van der Waals surface area contributed by atoms with Gasteiger partial charge in [0.1, 0.15) is 17.9 Å². The summed E-state index contributed by atoms with van der Waals surface area (Å²) < 4.78 is 6.84. The third-order valence-electron chi connectivity index (χ3n) is 1.75. The van der Waals surface area contributed by atoms with E-state index in [0.717, 1.165) is 5.52 Å². The van der Waals surface area contributed by atoms with Crippen LogP contribution in [-0.2, 0) is 13.7 Å². The van der Waals surface area contributed by atoms with Gasteiger partial charge in [-0.3, -0.25) is 0 Å². The summed E-state index contributed by atoms with van der Waals surface area (Å²) >= 11 is 0. The van der Waals surface area contributed by atoms with E-state index < -0.39 is 0 Å². The molecule has 58 valence electrons. The van der Waals surface area contributed by atoms with Gasteiger partial charge in [-0.05, 0) is 0 Å². The summed E-state index contributed by atoms with van der Waals surface area (Å²) in [4.78, 5) is 4.04. The Balaban J connectivity index is 2.76. The quantitative estimate of drug-likeness (QED) is 0.653. The topological polar surface area (TPSA) is 51.2 Å². The maximum Gasteiger partial charge on any atom is 0.244 e. The smallest absolute Gasteiger partial charge is 0.244 e. The molecule has 0 amide bonds. The van der Waals surface area contributed by atoms with Gasteiger partial charge < -0.3 is 14.1 Å². The SMILES string of the molecule is Cn1c(CO)nc2occc21. The first-order chi connectivity index (χ1) is 5.33. The summed E-state index contributed by atoms with van der Waals surface area (Å²) in [6.07, 6.45) is 1.58. The van der Waals surface area contributed by atoms with Crippen molar-refractivity contribution in [2.45, 2.75) is 6.61 Å². The summed E-state index contributed by atoms with van der Waals surface area (Å²) in [6.45, 7) is -0.0549. The highest BCUT2D eigenvalue weighted by Crippen LogP contribution is 2.14. The molecule has 0 aromatic carbocycles. The van der Waals surface area contributed by atoms with E-state index in [1.54, 1.807) is 10.8 Å². The van der Waals surface area contributed by atoms with E-state index in [0.29, 0.717) is 11.5 Å². The van der Waals surface area contributed by atoms with E-state index in [1.807, 2.05) is 13.1 Å². The van der Waals surface area contributed by atoms with E-state index in [2.05, 4.69) is 4.98 Å². The van der Waals surface area contributed by atoms with E-state index in [1.165, 1.54) is 0 Å². The molecule has 0 fully saturated rings. The third kappa shape index (κ3) is 0.760. The Morgan fingerprint density at radius 3 is 3.18 bits per heavy atom. The zero-order valence-electron chi connectivity index (χ0n) is 6.11. The van der Waals surface area contributed by atoms with Crippen LogP contribution in [0.5, 0.6) is 0 Å². The Kier molecular flexibility index (Phi) is 1.22. The number of aryl methyl sites for hydroxylation is 1. The minimum atomic E-state index is -0.0549. The van der Waals surface area contributed by atoms with Gasteiger partial charge in [0.05, 0.1) is 6.26 Å². The number of aromatic nitrogens is 2. The number of fused-ring (bicyclic) bond motifs is 1. The molecule has 2 aromatic rings. The second-order valence-corrected chi connectivity index (χ2v) is 2.36. The van der Waals surface area contributed by atoms with Gasteiger partial charge in [-0.1, -0.05) is 0 Å². The van der Waals surface area contributed by atoms with Crippen LogP contribution >= 0.6 is 0 Å². The average Bonchev–Trinajstić information content (AvgIpc) is 2.53. The molecule has 4 heteroatoms. The van der Waals surface area contributed by atoms with Crippen LogP contribution in [0.15, 0.2) is 16.7 Å². The first kappa shape index (κ1) is 6.42. The van der Waals surface area contributed by atoms with Crippen molar-refractivity contribution in [3.63, 3.8) is 0 Å². The number of furan rings is 1. The van der Waals surface area contributed by atoms with Crippen molar-refractivity contribution in [3.05, 3.63) is 18.2 Å². The Morgan fingerprint density at radius 1 is 1.73 bits per heavy atom. The molecule has 2 rings (SSSR count). The lowest BCUT2D eigenvalue weighted by atomic mass is 10.5. The van der Waals surface area contributed by atoms with E-state index >= 15 is 0 Å². The van der Waals surface area contributed by atoms with Crippen LogP contribution < -0.4 is 0 Å². The summed E-state index contributed by atoms with van der Waals surface area (Å²) in [5, 5.41) is 8.81. The van der Waals surface area contributed by atoms with Gasteiger partial charge in [0, 0.05) is 13.1 Å². The van der Waals surface area contributed by atoms with Crippen molar-refractivity contribution in [1.29, 1.82) is 0 Å². The van der Waals surface area contributed by atoms with Crippen LogP contribution in [0.1, 0.15) is 5.82 Å². The Bertz CT molecular complexity index is 375. The van der Waals surface area contributed by atoms with Crippen molar-refractivity contribution >= 4 is 11.2 Å². The van der Waals surface area contributed by atoms with Crippen LogP contribution in [0.4, 0.5) is 0 Å². The van der Waals surface area contributed by atoms with E-state index in [9.17, 15) is 0 Å². The molecular formula is C7H8N2O2. The number of rotatable bonds is 1. The normalized spacial score (nSPS) is 11.1. The van der Waals surface area contributed by atoms with E-state index in [4.69, 9.17) is 9.52 Å². The fourth-order valence-corrected chi connectivity index (χ4v) is 1.11. The maximum atomic E-state index is 8.81. The Labute approximate surface area is 63.1 Å².